The van der Waals surface area contributed by atoms with Gasteiger partial charge in [-0.15, -0.1) is 0 Å². The fourth-order valence-corrected chi connectivity index (χ4v) is 1.82. The lowest BCUT2D eigenvalue weighted by Crippen LogP contribution is -2.03. The molecule has 0 unspecified atom stereocenters. The Balaban J connectivity index is 2.26. The number of esters is 1. The molecule has 0 N–H and O–H groups in total. The number of cyclic esters (lactones) is 1. The predicted octanol–water partition coefficient (Wildman–Crippen LogP) is 1.49. The molecule has 2 fully saturated rings. The van der Waals surface area contributed by atoms with Gasteiger partial charge in [-0.25, -0.2) is 4.79 Å². The van der Waals surface area contributed by atoms with E-state index in [-0.39, 0.29) is 11.9 Å². The molecule has 0 radical (unpaired) electrons. The number of hydrogen-bond donors (Lipinski definition) is 0. The molecule has 3 nitrogen and oxygen atoms in total. The highest BCUT2D eigenvalue weighted by Gasteiger charge is 2.33. The van der Waals surface area contributed by atoms with Gasteiger partial charge in [-0.05, 0) is 5.92 Å². The fourth-order valence-electron chi connectivity index (χ4n) is 1.82. The second kappa shape index (κ2) is 3.05. The minimum atomic E-state index is -0.184. The van der Waals surface area contributed by atoms with Crippen LogP contribution >= 0.6 is 0 Å². The molecule has 0 saturated carbocycles. The first-order chi connectivity index (χ1) is 6.18. The number of allylic oxidation sites excluding steroid dienone is 1. The van der Waals surface area contributed by atoms with Crippen molar-refractivity contribution in [1.29, 1.82) is 0 Å². The van der Waals surface area contributed by atoms with E-state index in [4.69, 9.17) is 9.47 Å². The quantitative estimate of drug-likeness (QED) is 0.420. The lowest BCUT2D eigenvalue weighted by Gasteiger charge is -2.03. The van der Waals surface area contributed by atoms with Crippen LogP contribution in [0.15, 0.2) is 11.3 Å². The van der Waals surface area contributed by atoms with Crippen LogP contribution in [0.25, 0.3) is 0 Å². The molecule has 2 aliphatic rings. The largest absolute Gasteiger partial charge is 0.497 e. The number of ether oxygens (including phenoxy) is 2. The van der Waals surface area contributed by atoms with Crippen molar-refractivity contribution in [2.75, 3.05) is 13.2 Å². The third-order valence-electron chi connectivity index (χ3n) is 2.55. The van der Waals surface area contributed by atoms with Crippen LogP contribution in [-0.4, -0.2) is 19.2 Å². The number of rotatable bonds is 0. The number of carbonyl (C=O) groups is 1. The summed E-state index contributed by atoms with van der Waals surface area (Å²) in [4.78, 5) is 11.3. The van der Waals surface area contributed by atoms with Crippen LogP contribution in [0, 0.1) is 11.8 Å². The van der Waals surface area contributed by atoms with Gasteiger partial charge in [0.25, 0.3) is 0 Å². The highest BCUT2D eigenvalue weighted by atomic mass is 16.5. The van der Waals surface area contributed by atoms with E-state index in [9.17, 15) is 4.79 Å². The first-order valence-electron chi connectivity index (χ1n) is 4.71. The second-order valence-corrected chi connectivity index (χ2v) is 3.96. The lowest BCUT2D eigenvalue weighted by molar-refractivity contribution is -0.135. The molecule has 72 valence electrons. The standard InChI is InChI=1S/C10H14O3/c1-6-3-8(12-4-6)9-7(2)5-13-10(9)11/h6-7H,3-5H2,1-2H3/b9-8-/t6-,7-/m0/s1. The summed E-state index contributed by atoms with van der Waals surface area (Å²) in [6.45, 7) is 5.37. The van der Waals surface area contributed by atoms with Gasteiger partial charge in [0.15, 0.2) is 0 Å². The first-order valence-corrected chi connectivity index (χ1v) is 4.71. The van der Waals surface area contributed by atoms with Gasteiger partial charge in [-0.2, -0.15) is 0 Å². The van der Waals surface area contributed by atoms with Crippen molar-refractivity contribution in [3.8, 4) is 0 Å². The number of carbonyl (C=O) groups excluding carboxylic acids is 1. The van der Waals surface area contributed by atoms with Crippen LogP contribution in [0.2, 0.25) is 0 Å². The lowest BCUT2D eigenvalue weighted by atomic mass is 10.0. The van der Waals surface area contributed by atoms with E-state index in [1.807, 2.05) is 6.92 Å². The van der Waals surface area contributed by atoms with Crippen LogP contribution in [0.1, 0.15) is 20.3 Å². The summed E-state index contributed by atoms with van der Waals surface area (Å²) in [7, 11) is 0. The van der Waals surface area contributed by atoms with Crippen molar-refractivity contribution in [3.63, 3.8) is 0 Å². The maximum atomic E-state index is 11.3. The molecule has 3 heteroatoms. The zero-order chi connectivity index (χ0) is 9.42. The summed E-state index contributed by atoms with van der Waals surface area (Å²) in [5, 5.41) is 0. The van der Waals surface area contributed by atoms with Crippen molar-refractivity contribution in [2.45, 2.75) is 20.3 Å². The Morgan fingerprint density at radius 1 is 1.23 bits per heavy atom. The minimum absolute atomic E-state index is 0.184. The van der Waals surface area contributed by atoms with E-state index in [0.29, 0.717) is 12.5 Å². The Labute approximate surface area is 77.7 Å². The molecule has 0 spiro atoms. The van der Waals surface area contributed by atoms with Crippen molar-refractivity contribution >= 4 is 5.97 Å². The van der Waals surface area contributed by atoms with Crippen LogP contribution in [0.5, 0.6) is 0 Å². The van der Waals surface area contributed by atoms with E-state index in [0.717, 1.165) is 24.4 Å². The molecule has 0 aromatic rings. The molecule has 0 amide bonds. The Bertz CT molecular complexity index is 267. The molecule has 2 aliphatic heterocycles. The van der Waals surface area contributed by atoms with E-state index < -0.39 is 0 Å². The molecular formula is C10H14O3. The molecule has 13 heavy (non-hydrogen) atoms. The van der Waals surface area contributed by atoms with E-state index in [1.165, 1.54) is 0 Å². The monoisotopic (exact) mass is 182 g/mol. The molecule has 2 atom stereocenters. The minimum Gasteiger partial charge on any atom is -0.497 e. The van der Waals surface area contributed by atoms with Gasteiger partial charge in [-0.1, -0.05) is 13.8 Å². The SMILES string of the molecule is C[C@@H]1CO/C(=C2\C(=O)OC[C@@H]2C)C1. The molecule has 0 aromatic carbocycles. The Morgan fingerprint density at radius 2 is 2.00 bits per heavy atom. The summed E-state index contributed by atoms with van der Waals surface area (Å²) in [5.41, 5.74) is 0.768. The zero-order valence-corrected chi connectivity index (χ0v) is 8.00. The molecular weight excluding hydrogens is 168 g/mol. The van der Waals surface area contributed by atoms with Crippen molar-refractivity contribution in [2.24, 2.45) is 11.8 Å². The van der Waals surface area contributed by atoms with Gasteiger partial charge < -0.3 is 9.47 Å². The third-order valence-corrected chi connectivity index (χ3v) is 2.55. The normalized spacial score (nSPS) is 39.1. The average molecular weight is 182 g/mol. The third kappa shape index (κ3) is 1.43. The van der Waals surface area contributed by atoms with Gasteiger partial charge in [-0.3, -0.25) is 0 Å². The van der Waals surface area contributed by atoms with Crippen LogP contribution in [0.4, 0.5) is 0 Å². The summed E-state index contributed by atoms with van der Waals surface area (Å²) in [5.74, 6) is 1.41. The highest BCUT2D eigenvalue weighted by Crippen LogP contribution is 2.32. The van der Waals surface area contributed by atoms with E-state index in [1.54, 1.807) is 0 Å². The Morgan fingerprint density at radius 3 is 2.46 bits per heavy atom. The molecule has 0 aliphatic carbocycles. The Kier molecular flexibility index (Phi) is 2.02. The van der Waals surface area contributed by atoms with Gasteiger partial charge in [0.1, 0.15) is 5.76 Å². The predicted molar refractivity (Wildman–Crippen MR) is 46.9 cm³/mol. The first kappa shape index (κ1) is 8.60. The molecule has 2 saturated heterocycles. The number of hydrogen-bond acceptors (Lipinski definition) is 3. The molecule has 2 rings (SSSR count). The van der Waals surface area contributed by atoms with Crippen LogP contribution in [0.3, 0.4) is 0 Å². The van der Waals surface area contributed by atoms with E-state index in [2.05, 4.69) is 6.92 Å². The zero-order valence-electron chi connectivity index (χ0n) is 8.00. The summed E-state index contributed by atoms with van der Waals surface area (Å²) < 4.78 is 10.4. The maximum Gasteiger partial charge on any atom is 0.337 e. The fraction of sp³-hybridized carbons (Fsp3) is 0.700. The smallest absolute Gasteiger partial charge is 0.337 e. The Hall–Kier alpha value is -0.990. The van der Waals surface area contributed by atoms with Crippen molar-refractivity contribution in [3.05, 3.63) is 11.3 Å². The summed E-state index contributed by atoms with van der Waals surface area (Å²) in [6.07, 6.45) is 0.884. The molecule has 0 aromatic heterocycles. The summed E-state index contributed by atoms with van der Waals surface area (Å²) in [6, 6.07) is 0. The van der Waals surface area contributed by atoms with E-state index >= 15 is 0 Å². The molecule has 2 heterocycles. The van der Waals surface area contributed by atoms with Gasteiger partial charge in [0, 0.05) is 12.3 Å². The summed E-state index contributed by atoms with van der Waals surface area (Å²) >= 11 is 0. The molecule has 0 bridgehead atoms. The maximum absolute atomic E-state index is 11.3. The van der Waals surface area contributed by atoms with Crippen molar-refractivity contribution < 1.29 is 14.3 Å². The van der Waals surface area contributed by atoms with Gasteiger partial charge >= 0.3 is 5.97 Å². The average Bonchev–Trinajstić information content (AvgIpc) is 2.60. The topological polar surface area (TPSA) is 35.5 Å². The second-order valence-electron chi connectivity index (χ2n) is 3.96. The van der Waals surface area contributed by atoms with Crippen LogP contribution in [-0.2, 0) is 14.3 Å². The van der Waals surface area contributed by atoms with Gasteiger partial charge in [0.2, 0.25) is 0 Å². The van der Waals surface area contributed by atoms with Crippen molar-refractivity contribution in [1.82, 2.24) is 0 Å². The van der Waals surface area contributed by atoms with Gasteiger partial charge in [0.05, 0.1) is 18.8 Å². The van der Waals surface area contributed by atoms with Crippen LogP contribution < -0.4 is 0 Å². The highest BCUT2D eigenvalue weighted by molar-refractivity contribution is 5.91.